The van der Waals surface area contributed by atoms with Crippen molar-refractivity contribution in [2.24, 2.45) is 0 Å². The highest BCUT2D eigenvalue weighted by molar-refractivity contribution is 5.59. The molecule has 2 aromatic rings. The fourth-order valence-corrected chi connectivity index (χ4v) is 1.68. The van der Waals surface area contributed by atoms with Gasteiger partial charge in [-0.3, -0.25) is 0 Å². The standard InChI is InChI=1S/C14H15FN2O/c1-18-13-7-11(16)6-12(8-13)17-9-10-4-2-3-5-14(10)15/h2-8,17H,9,16H2,1H3. The Morgan fingerprint density at radius 2 is 2.00 bits per heavy atom. The van der Waals surface area contributed by atoms with Gasteiger partial charge in [-0.05, 0) is 12.1 Å². The molecule has 94 valence electrons. The van der Waals surface area contributed by atoms with Crippen LogP contribution in [0.2, 0.25) is 0 Å². The smallest absolute Gasteiger partial charge is 0.128 e. The van der Waals surface area contributed by atoms with Gasteiger partial charge in [-0.25, -0.2) is 4.39 Å². The van der Waals surface area contributed by atoms with Crippen LogP contribution in [0.1, 0.15) is 5.56 Å². The molecule has 0 saturated carbocycles. The van der Waals surface area contributed by atoms with Crippen LogP contribution in [0.4, 0.5) is 15.8 Å². The Bertz CT molecular complexity index is 543. The van der Waals surface area contributed by atoms with Crippen molar-refractivity contribution in [3.63, 3.8) is 0 Å². The lowest BCUT2D eigenvalue weighted by atomic mass is 10.2. The number of nitrogens with two attached hydrogens (primary N) is 1. The van der Waals surface area contributed by atoms with Crippen LogP contribution < -0.4 is 15.8 Å². The molecule has 0 bridgehead atoms. The summed E-state index contributed by atoms with van der Waals surface area (Å²) in [7, 11) is 1.58. The second kappa shape index (κ2) is 5.40. The highest BCUT2D eigenvalue weighted by Crippen LogP contribution is 2.22. The minimum absolute atomic E-state index is 0.221. The number of hydrogen-bond donors (Lipinski definition) is 2. The van der Waals surface area contributed by atoms with Gasteiger partial charge in [0.2, 0.25) is 0 Å². The van der Waals surface area contributed by atoms with E-state index in [0.717, 1.165) is 5.69 Å². The predicted molar refractivity (Wildman–Crippen MR) is 71.1 cm³/mol. The number of nitrogens with one attached hydrogen (secondary N) is 1. The molecule has 3 N–H and O–H groups in total. The van der Waals surface area contributed by atoms with E-state index >= 15 is 0 Å². The lowest BCUT2D eigenvalue weighted by Gasteiger charge is -2.10. The summed E-state index contributed by atoms with van der Waals surface area (Å²) < 4.78 is 18.5. The summed E-state index contributed by atoms with van der Waals surface area (Å²) in [5, 5.41) is 3.12. The van der Waals surface area contributed by atoms with E-state index in [0.29, 0.717) is 23.5 Å². The number of methoxy groups -OCH3 is 1. The average Bonchev–Trinajstić information content (AvgIpc) is 2.37. The molecule has 0 fully saturated rings. The van der Waals surface area contributed by atoms with Crippen LogP contribution in [0, 0.1) is 5.82 Å². The summed E-state index contributed by atoms with van der Waals surface area (Å²) in [6.45, 7) is 0.402. The van der Waals surface area contributed by atoms with Crippen LogP contribution >= 0.6 is 0 Å². The minimum atomic E-state index is -0.221. The number of halogens is 1. The molecule has 4 heteroatoms. The molecule has 0 aliphatic carbocycles. The quantitative estimate of drug-likeness (QED) is 0.815. The highest BCUT2D eigenvalue weighted by atomic mass is 19.1. The first-order chi connectivity index (χ1) is 8.69. The van der Waals surface area contributed by atoms with Gasteiger partial charge in [-0.1, -0.05) is 18.2 Å². The van der Waals surface area contributed by atoms with Gasteiger partial charge in [0.05, 0.1) is 7.11 Å². The van der Waals surface area contributed by atoms with Gasteiger partial charge < -0.3 is 15.8 Å². The topological polar surface area (TPSA) is 47.3 Å². The molecule has 18 heavy (non-hydrogen) atoms. The van der Waals surface area contributed by atoms with Gasteiger partial charge in [0.1, 0.15) is 11.6 Å². The molecule has 0 aliphatic rings. The number of anilines is 2. The Morgan fingerprint density at radius 3 is 2.72 bits per heavy atom. The molecular formula is C14H15FN2O. The Kier molecular flexibility index (Phi) is 3.67. The van der Waals surface area contributed by atoms with Gasteiger partial charge in [-0.15, -0.1) is 0 Å². The van der Waals surface area contributed by atoms with E-state index < -0.39 is 0 Å². The summed E-state index contributed by atoms with van der Waals surface area (Å²) >= 11 is 0. The first-order valence-electron chi connectivity index (χ1n) is 5.61. The molecule has 3 nitrogen and oxygen atoms in total. The number of ether oxygens (including phenoxy) is 1. The molecule has 2 rings (SSSR count). The van der Waals surface area contributed by atoms with Gasteiger partial charge in [-0.2, -0.15) is 0 Å². The van der Waals surface area contributed by atoms with E-state index in [9.17, 15) is 4.39 Å². The van der Waals surface area contributed by atoms with Gasteiger partial charge in [0.15, 0.2) is 0 Å². The fraction of sp³-hybridized carbons (Fsp3) is 0.143. The molecule has 0 heterocycles. The maximum Gasteiger partial charge on any atom is 0.128 e. The monoisotopic (exact) mass is 246 g/mol. The van der Waals surface area contributed by atoms with Crippen molar-refractivity contribution in [1.29, 1.82) is 0 Å². The normalized spacial score (nSPS) is 10.1. The highest BCUT2D eigenvalue weighted by Gasteiger charge is 2.02. The van der Waals surface area contributed by atoms with Gasteiger partial charge >= 0.3 is 0 Å². The predicted octanol–water partition coefficient (Wildman–Crippen LogP) is 3.03. The SMILES string of the molecule is COc1cc(N)cc(NCc2ccccc2F)c1. The number of hydrogen-bond acceptors (Lipinski definition) is 3. The molecule has 0 aliphatic heterocycles. The van der Waals surface area contributed by atoms with Crippen LogP contribution in [0.5, 0.6) is 5.75 Å². The summed E-state index contributed by atoms with van der Waals surface area (Å²) in [5.41, 5.74) is 7.75. The fourth-order valence-electron chi connectivity index (χ4n) is 1.68. The van der Waals surface area contributed by atoms with Gasteiger partial charge in [0, 0.05) is 35.6 Å². The lowest BCUT2D eigenvalue weighted by molar-refractivity contribution is 0.415. The molecule has 0 aromatic heterocycles. The van der Waals surface area contributed by atoms with E-state index in [-0.39, 0.29) is 5.82 Å². The summed E-state index contributed by atoms with van der Waals surface area (Å²) in [4.78, 5) is 0. The van der Waals surface area contributed by atoms with Crippen molar-refractivity contribution in [1.82, 2.24) is 0 Å². The molecule has 0 saturated heterocycles. The summed E-state index contributed by atoms with van der Waals surface area (Å²) in [6, 6.07) is 12.0. The van der Waals surface area contributed by atoms with Crippen molar-refractivity contribution in [2.75, 3.05) is 18.2 Å². The Morgan fingerprint density at radius 1 is 1.22 bits per heavy atom. The van der Waals surface area contributed by atoms with Crippen LogP contribution in [0.25, 0.3) is 0 Å². The number of rotatable bonds is 4. The molecule has 0 atom stereocenters. The van der Waals surface area contributed by atoms with E-state index in [1.54, 1.807) is 37.4 Å². The second-order valence-corrected chi connectivity index (χ2v) is 3.94. The third kappa shape index (κ3) is 2.91. The minimum Gasteiger partial charge on any atom is -0.497 e. The zero-order chi connectivity index (χ0) is 13.0. The Hall–Kier alpha value is -2.23. The first kappa shape index (κ1) is 12.2. The van der Waals surface area contributed by atoms with Crippen molar-refractivity contribution >= 4 is 11.4 Å². The molecular weight excluding hydrogens is 231 g/mol. The van der Waals surface area contributed by atoms with Crippen molar-refractivity contribution in [2.45, 2.75) is 6.54 Å². The largest absolute Gasteiger partial charge is 0.497 e. The maximum absolute atomic E-state index is 13.4. The Labute approximate surface area is 105 Å². The second-order valence-electron chi connectivity index (χ2n) is 3.94. The molecule has 0 amide bonds. The van der Waals surface area contributed by atoms with E-state index in [1.165, 1.54) is 6.07 Å². The van der Waals surface area contributed by atoms with Crippen LogP contribution in [0.3, 0.4) is 0 Å². The first-order valence-corrected chi connectivity index (χ1v) is 5.61. The third-order valence-electron chi connectivity index (χ3n) is 2.61. The van der Waals surface area contributed by atoms with Gasteiger partial charge in [0.25, 0.3) is 0 Å². The lowest BCUT2D eigenvalue weighted by Crippen LogP contribution is -2.02. The number of nitrogen functional groups attached to an aromatic ring is 1. The van der Waals surface area contributed by atoms with E-state index in [4.69, 9.17) is 10.5 Å². The average molecular weight is 246 g/mol. The summed E-state index contributed by atoms with van der Waals surface area (Å²) in [6.07, 6.45) is 0. The van der Waals surface area contributed by atoms with E-state index in [1.807, 2.05) is 6.07 Å². The van der Waals surface area contributed by atoms with Crippen LogP contribution in [0.15, 0.2) is 42.5 Å². The third-order valence-corrected chi connectivity index (χ3v) is 2.61. The number of benzene rings is 2. The zero-order valence-corrected chi connectivity index (χ0v) is 10.1. The van der Waals surface area contributed by atoms with Crippen LogP contribution in [-0.4, -0.2) is 7.11 Å². The maximum atomic E-state index is 13.4. The molecule has 0 spiro atoms. The summed E-state index contributed by atoms with van der Waals surface area (Å²) in [5.74, 6) is 0.451. The molecule has 0 unspecified atom stereocenters. The molecule has 2 aromatic carbocycles. The zero-order valence-electron chi connectivity index (χ0n) is 10.1. The van der Waals surface area contributed by atoms with Crippen LogP contribution in [-0.2, 0) is 6.54 Å². The van der Waals surface area contributed by atoms with Crippen molar-refractivity contribution < 1.29 is 9.13 Å². The molecule has 0 radical (unpaired) electrons. The van der Waals surface area contributed by atoms with Crippen molar-refractivity contribution in [3.05, 3.63) is 53.8 Å². The van der Waals surface area contributed by atoms with Crippen molar-refractivity contribution in [3.8, 4) is 5.75 Å². The Balaban J connectivity index is 2.11. The van der Waals surface area contributed by atoms with E-state index in [2.05, 4.69) is 5.32 Å².